The highest BCUT2D eigenvalue weighted by molar-refractivity contribution is 7.86. The molecule has 0 saturated carbocycles. The zero-order valence-electron chi connectivity index (χ0n) is 9.02. The van der Waals surface area contributed by atoms with Crippen molar-refractivity contribution in [2.24, 2.45) is 0 Å². The Balaban J connectivity index is 2.64. The summed E-state index contributed by atoms with van der Waals surface area (Å²) in [5.74, 6) is 0.911. The summed E-state index contributed by atoms with van der Waals surface area (Å²) in [6.07, 6.45) is 0.551. The molecule has 0 radical (unpaired) electrons. The van der Waals surface area contributed by atoms with Crippen molar-refractivity contribution in [1.29, 1.82) is 0 Å². The van der Waals surface area contributed by atoms with E-state index in [1.165, 1.54) is 20.3 Å². The first kappa shape index (κ1) is 11.2. The zero-order chi connectivity index (χ0) is 11.8. The highest BCUT2D eigenvalue weighted by Gasteiger charge is 2.26. The molecule has 1 heterocycles. The molecule has 0 aliphatic carbocycles. The van der Waals surface area contributed by atoms with Crippen LogP contribution in [0.5, 0.6) is 11.5 Å². The summed E-state index contributed by atoms with van der Waals surface area (Å²) >= 11 is 0. The molecule has 0 amide bonds. The van der Waals surface area contributed by atoms with E-state index >= 15 is 0 Å². The highest BCUT2D eigenvalue weighted by Crippen LogP contribution is 2.35. The highest BCUT2D eigenvalue weighted by atomic mass is 32.2. The van der Waals surface area contributed by atoms with Gasteiger partial charge in [-0.1, -0.05) is 0 Å². The average molecular weight is 244 g/mol. The molecule has 0 atom stereocenters. The molecule has 0 spiro atoms. The van der Waals surface area contributed by atoms with Crippen LogP contribution in [0.3, 0.4) is 0 Å². The van der Waals surface area contributed by atoms with Gasteiger partial charge in [-0.25, -0.2) is 0 Å². The lowest BCUT2D eigenvalue weighted by Gasteiger charge is -2.18. The van der Waals surface area contributed by atoms with Crippen LogP contribution in [0.1, 0.15) is 5.56 Å². The minimum atomic E-state index is -3.64. The van der Waals surface area contributed by atoms with Crippen LogP contribution >= 0.6 is 0 Å². The van der Waals surface area contributed by atoms with Gasteiger partial charge in [-0.15, -0.1) is 0 Å². The number of methoxy groups -OCH3 is 2. The maximum absolute atomic E-state index is 11.6. The second-order valence-electron chi connectivity index (χ2n) is 3.34. The molecule has 1 aromatic carbocycles. The van der Waals surface area contributed by atoms with Gasteiger partial charge in [0.05, 0.1) is 20.8 Å². The standard InChI is InChI=1S/C10H12O5S/c1-13-8-5-7-3-4-15-16(11,12)10(7)6-9(8)14-2/h5-6H,3-4H2,1-2H3. The first-order chi connectivity index (χ1) is 7.58. The molecule has 0 bridgehead atoms. The number of rotatable bonds is 2. The van der Waals surface area contributed by atoms with Crippen LogP contribution < -0.4 is 9.47 Å². The van der Waals surface area contributed by atoms with Crippen molar-refractivity contribution in [2.75, 3.05) is 20.8 Å². The van der Waals surface area contributed by atoms with Gasteiger partial charge >= 0.3 is 0 Å². The van der Waals surface area contributed by atoms with Crippen molar-refractivity contribution < 1.29 is 22.1 Å². The lowest BCUT2D eigenvalue weighted by molar-refractivity contribution is 0.306. The summed E-state index contributed by atoms with van der Waals surface area (Å²) in [6.45, 7) is 0.171. The Bertz CT molecular complexity index is 506. The number of fused-ring (bicyclic) bond motifs is 1. The van der Waals surface area contributed by atoms with Gasteiger partial charge in [0, 0.05) is 6.07 Å². The maximum atomic E-state index is 11.6. The molecule has 1 aromatic rings. The Labute approximate surface area is 94.1 Å². The topological polar surface area (TPSA) is 61.8 Å². The quantitative estimate of drug-likeness (QED) is 0.725. The van der Waals surface area contributed by atoms with Crippen LogP contribution in [-0.2, 0) is 20.7 Å². The molecule has 0 aromatic heterocycles. The monoisotopic (exact) mass is 244 g/mol. The van der Waals surface area contributed by atoms with Gasteiger partial charge in [-0.3, -0.25) is 4.18 Å². The molecule has 0 unspecified atom stereocenters. The predicted molar refractivity (Wildman–Crippen MR) is 56.4 cm³/mol. The summed E-state index contributed by atoms with van der Waals surface area (Å²) in [7, 11) is -0.664. The summed E-state index contributed by atoms with van der Waals surface area (Å²) in [5, 5.41) is 0. The minimum Gasteiger partial charge on any atom is -0.493 e. The molecule has 1 aliphatic heterocycles. The first-order valence-corrected chi connectivity index (χ1v) is 6.13. The van der Waals surface area contributed by atoms with Crippen molar-refractivity contribution >= 4 is 10.1 Å². The third-order valence-corrected chi connectivity index (χ3v) is 3.84. The Morgan fingerprint density at radius 3 is 2.44 bits per heavy atom. The van der Waals surface area contributed by atoms with E-state index in [-0.39, 0.29) is 11.5 Å². The summed E-state index contributed by atoms with van der Waals surface area (Å²) < 4.78 is 38.1. The van der Waals surface area contributed by atoms with E-state index < -0.39 is 10.1 Å². The molecule has 0 N–H and O–H groups in total. The van der Waals surface area contributed by atoms with Gasteiger partial charge in [0.2, 0.25) is 0 Å². The number of hydrogen-bond donors (Lipinski definition) is 0. The minimum absolute atomic E-state index is 0.163. The number of hydrogen-bond acceptors (Lipinski definition) is 5. The molecular weight excluding hydrogens is 232 g/mol. The molecule has 0 saturated heterocycles. The van der Waals surface area contributed by atoms with Gasteiger partial charge < -0.3 is 9.47 Å². The van der Waals surface area contributed by atoms with Gasteiger partial charge in [0.15, 0.2) is 11.5 Å². The van der Waals surface area contributed by atoms with Gasteiger partial charge in [0.1, 0.15) is 4.90 Å². The van der Waals surface area contributed by atoms with E-state index in [0.29, 0.717) is 23.5 Å². The van der Waals surface area contributed by atoms with Crippen LogP contribution in [0.25, 0.3) is 0 Å². The summed E-state index contributed by atoms with van der Waals surface area (Å²) in [4.78, 5) is 0.163. The Morgan fingerprint density at radius 2 is 1.81 bits per heavy atom. The summed E-state index contributed by atoms with van der Waals surface area (Å²) in [5.41, 5.74) is 0.698. The van der Waals surface area contributed by atoms with Crippen molar-refractivity contribution in [2.45, 2.75) is 11.3 Å². The van der Waals surface area contributed by atoms with E-state index in [4.69, 9.17) is 13.7 Å². The maximum Gasteiger partial charge on any atom is 0.297 e. The fourth-order valence-corrected chi connectivity index (χ4v) is 2.82. The molecule has 2 rings (SSSR count). The fraction of sp³-hybridized carbons (Fsp3) is 0.400. The van der Waals surface area contributed by atoms with E-state index in [9.17, 15) is 8.42 Å². The smallest absolute Gasteiger partial charge is 0.297 e. The normalized spacial score (nSPS) is 17.6. The molecule has 6 heteroatoms. The Hall–Kier alpha value is -1.27. The third kappa shape index (κ3) is 1.74. The third-order valence-electron chi connectivity index (χ3n) is 2.45. The van der Waals surface area contributed by atoms with E-state index in [1.54, 1.807) is 6.07 Å². The molecule has 16 heavy (non-hydrogen) atoms. The molecule has 5 nitrogen and oxygen atoms in total. The Kier molecular flexibility index (Phi) is 2.77. The molecule has 88 valence electrons. The largest absolute Gasteiger partial charge is 0.493 e. The first-order valence-electron chi connectivity index (χ1n) is 4.73. The number of ether oxygens (including phenoxy) is 2. The molecule has 0 fully saturated rings. The van der Waals surface area contributed by atoms with Gasteiger partial charge in [-0.2, -0.15) is 8.42 Å². The van der Waals surface area contributed by atoms with Crippen molar-refractivity contribution in [3.8, 4) is 11.5 Å². The zero-order valence-corrected chi connectivity index (χ0v) is 9.83. The van der Waals surface area contributed by atoms with E-state index in [2.05, 4.69) is 0 Å². The van der Waals surface area contributed by atoms with Crippen LogP contribution in [0.4, 0.5) is 0 Å². The lowest BCUT2D eigenvalue weighted by atomic mass is 10.1. The second kappa shape index (κ2) is 3.95. The van der Waals surface area contributed by atoms with Crippen LogP contribution in [0, 0.1) is 0 Å². The lowest BCUT2D eigenvalue weighted by Crippen LogP contribution is -2.18. The SMILES string of the molecule is COc1cc2c(cc1OC)S(=O)(=O)OCC2. The van der Waals surface area contributed by atoms with Crippen LogP contribution in [-0.4, -0.2) is 29.2 Å². The summed E-state index contributed by atoms with van der Waals surface area (Å²) in [6, 6.07) is 3.11. The van der Waals surface area contributed by atoms with Crippen molar-refractivity contribution in [1.82, 2.24) is 0 Å². The number of benzene rings is 1. The van der Waals surface area contributed by atoms with E-state index in [0.717, 1.165) is 0 Å². The second-order valence-corrected chi connectivity index (χ2v) is 4.92. The molecular formula is C10H12O5S. The van der Waals surface area contributed by atoms with Gasteiger partial charge in [0.25, 0.3) is 10.1 Å². The van der Waals surface area contributed by atoms with Crippen LogP contribution in [0.2, 0.25) is 0 Å². The van der Waals surface area contributed by atoms with Crippen molar-refractivity contribution in [3.05, 3.63) is 17.7 Å². The predicted octanol–water partition coefficient (Wildman–Crippen LogP) is 0.965. The Morgan fingerprint density at radius 1 is 1.19 bits per heavy atom. The van der Waals surface area contributed by atoms with Crippen molar-refractivity contribution in [3.63, 3.8) is 0 Å². The average Bonchev–Trinajstić information content (AvgIpc) is 2.27. The van der Waals surface area contributed by atoms with Crippen LogP contribution in [0.15, 0.2) is 17.0 Å². The fourth-order valence-electron chi connectivity index (χ4n) is 1.66. The van der Waals surface area contributed by atoms with Gasteiger partial charge in [-0.05, 0) is 18.1 Å². The molecule has 1 aliphatic rings. The van der Waals surface area contributed by atoms with E-state index in [1.807, 2.05) is 0 Å².